The predicted octanol–water partition coefficient (Wildman–Crippen LogP) is 2.14. The zero-order valence-corrected chi connectivity index (χ0v) is 9.24. The van der Waals surface area contributed by atoms with E-state index in [4.69, 9.17) is 5.73 Å². The number of nitrogens with zero attached hydrogens (tertiary/aromatic N) is 2. The zero-order valence-electron chi connectivity index (χ0n) is 9.24. The Morgan fingerprint density at radius 3 is 2.71 bits per heavy atom. The number of nitrogens with two attached hydrogens (primary N) is 1. The first kappa shape index (κ1) is 11.2. The van der Waals surface area contributed by atoms with E-state index in [0.717, 1.165) is 32.2 Å². The third-order valence-electron chi connectivity index (χ3n) is 2.62. The second-order valence-corrected chi connectivity index (χ2v) is 3.65. The fourth-order valence-corrected chi connectivity index (χ4v) is 1.66. The normalized spacial score (nSPS) is 11.1. The van der Waals surface area contributed by atoms with Crippen LogP contribution in [0.3, 0.4) is 0 Å². The van der Waals surface area contributed by atoms with Crippen molar-refractivity contribution in [2.24, 2.45) is 5.73 Å². The third kappa shape index (κ3) is 2.84. The van der Waals surface area contributed by atoms with Gasteiger partial charge in [0.2, 0.25) is 0 Å². The minimum Gasteiger partial charge on any atom is -0.330 e. The molecule has 1 heterocycles. The van der Waals surface area contributed by atoms with Crippen molar-refractivity contribution in [2.75, 3.05) is 6.54 Å². The molecule has 0 radical (unpaired) electrons. The summed E-state index contributed by atoms with van der Waals surface area (Å²) in [7, 11) is 0. The summed E-state index contributed by atoms with van der Waals surface area (Å²) in [4.78, 5) is 0. The van der Waals surface area contributed by atoms with Crippen LogP contribution in [0, 0.1) is 0 Å². The van der Waals surface area contributed by atoms with Gasteiger partial charge < -0.3 is 5.73 Å². The van der Waals surface area contributed by atoms with Gasteiger partial charge in [-0.1, -0.05) is 13.8 Å². The van der Waals surface area contributed by atoms with Crippen molar-refractivity contribution < 1.29 is 0 Å². The topological polar surface area (TPSA) is 43.8 Å². The van der Waals surface area contributed by atoms with Gasteiger partial charge in [0.05, 0.1) is 11.7 Å². The third-order valence-corrected chi connectivity index (χ3v) is 2.62. The fraction of sp³-hybridized carbons (Fsp3) is 0.727. The number of hydrogen-bond acceptors (Lipinski definition) is 2. The van der Waals surface area contributed by atoms with E-state index >= 15 is 0 Å². The molecule has 0 amide bonds. The van der Waals surface area contributed by atoms with Crippen LogP contribution in [0.15, 0.2) is 12.3 Å². The van der Waals surface area contributed by atoms with Crippen molar-refractivity contribution in [2.45, 2.75) is 45.6 Å². The van der Waals surface area contributed by atoms with E-state index < -0.39 is 0 Å². The van der Waals surface area contributed by atoms with Gasteiger partial charge in [-0.25, -0.2) is 0 Å². The Labute approximate surface area is 86.3 Å². The molecule has 0 aliphatic carbocycles. The summed E-state index contributed by atoms with van der Waals surface area (Å²) in [5.41, 5.74) is 6.63. The van der Waals surface area contributed by atoms with Crippen molar-refractivity contribution in [3.05, 3.63) is 18.0 Å². The molecule has 1 aromatic heterocycles. The summed E-state index contributed by atoms with van der Waals surface area (Å²) in [6.45, 7) is 5.16. The van der Waals surface area contributed by atoms with Crippen molar-refractivity contribution in [1.82, 2.24) is 9.78 Å². The van der Waals surface area contributed by atoms with Gasteiger partial charge in [-0.15, -0.1) is 0 Å². The molecule has 0 fully saturated rings. The molecule has 0 aliphatic heterocycles. The van der Waals surface area contributed by atoms with Gasteiger partial charge in [-0.2, -0.15) is 5.10 Å². The van der Waals surface area contributed by atoms with Gasteiger partial charge in [-0.3, -0.25) is 4.68 Å². The monoisotopic (exact) mass is 195 g/mol. The minimum atomic E-state index is 0.557. The molecule has 0 saturated carbocycles. The second kappa shape index (κ2) is 5.81. The van der Waals surface area contributed by atoms with Crippen LogP contribution in [0.2, 0.25) is 0 Å². The molecule has 3 heteroatoms. The van der Waals surface area contributed by atoms with Crippen LogP contribution < -0.4 is 5.73 Å². The van der Waals surface area contributed by atoms with Crippen LogP contribution in [0.4, 0.5) is 0 Å². The number of aryl methyl sites for hydroxylation is 1. The first-order valence-electron chi connectivity index (χ1n) is 5.55. The molecule has 14 heavy (non-hydrogen) atoms. The zero-order chi connectivity index (χ0) is 10.4. The van der Waals surface area contributed by atoms with E-state index in [1.807, 2.05) is 0 Å². The van der Waals surface area contributed by atoms with E-state index in [0.29, 0.717) is 6.04 Å². The molecule has 0 unspecified atom stereocenters. The lowest BCUT2D eigenvalue weighted by Crippen LogP contribution is -2.08. The Morgan fingerprint density at radius 1 is 1.43 bits per heavy atom. The standard InChI is InChI=1S/C11H21N3/c1-3-11(4-2)14-9-7-10(13-14)6-5-8-12/h7,9,11H,3-6,8,12H2,1-2H3. The lowest BCUT2D eigenvalue weighted by molar-refractivity contribution is 0.425. The fourth-order valence-electron chi connectivity index (χ4n) is 1.66. The van der Waals surface area contributed by atoms with Gasteiger partial charge in [0.25, 0.3) is 0 Å². The first-order valence-corrected chi connectivity index (χ1v) is 5.55. The molecule has 1 aromatic rings. The van der Waals surface area contributed by atoms with Crippen molar-refractivity contribution in [3.63, 3.8) is 0 Å². The molecular formula is C11H21N3. The van der Waals surface area contributed by atoms with E-state index in [-0.39, 0.29) is 0 Å². The SMILES string of the molecule is CCC(CC)n1ccc(CCCN)n1. The molecule has 0 bridgehead atoms. The Balaban J connectivity index is 2.57. The molecule has 1 rings (SSSR count). The molecule has 80 valence electrons. The Kier molecular flexibility index (Phi) is 4.66. The average molecular weight is 195 g/mol. The highest BCUT2D eigenvalue weighted by Gasteiger charge is 2.07. The quantitative estimate of drug-likeness (QED) is 0.755. The van der Waals surface area contributed by atoms with Gasteiger partial charge >= 0.3 is 0 Å². The van der Waals surface area contributed by atoms with Crippen LogP contribution in [0.25, 0.3) is 0 Å². The average Bonchev–Trinajstić information content (AvgIpc) is 2.65. The smallest absolute Gasteiger partial charge is 0.0625 e. The highest BCUT2D eigenvalue weighted by Crippen LogP contribution is 2.14. The first-order chi connectivity index (χ1) is 6.81. The number of rotatable bonds is 6. The maximum absolute atomic E-state index is 5.46. The maximum atomic E-state index is 5.46. The van der Waals surface area contributed by atoms with E-state index in [2.05, 4.69) is 35.9 Å². The Bertz CT molecular complexity index is 251. The molecule has 0 aliphatic rings. The number of hydrogen-bond donors (Lipinski definition) is 1. The lowest BCUT2D eigenvalue weighted by atomic mass is 10.2. The summed E-state index contributed by atoms with van der Waals surface area (Å²) in [6, 6.07) is 2.66. The van der Waals surface area contributed by atoms with Crippen molar-refractivity contribution in [3.8, 4) is 0 Å². The van der Waals surface area contributed by atoms with Gasteiger partial charge in [-0.05, 0) is 38.3 Å². The molecular weight excluding hydrogens is 174 g/mol. The van der Waals surface area contributed by atoms with Crippen LogP contribution >= 0.6 is 0 Å². The van der Waals surface area contributed by atoms with Crippen LogP contribution in [0.5, 0.6) is 0 Å². The Hall–Kier alpha value is -0.830. The highest BCUT2D eigenvalue weighted by molar-refractivity contribution is 4.99. The summed E-state index contributed by atoms with van der Waals surface area (Å²) < 4.78 is 2.09. The van der Waals surface area contributed by atoms with Crippen LogP contribution in [-0.4, -0.2) is 16.3 Å². The largest absolute Gasteiger partial charge is 0.330 e. The minimum absolute atomic E-state index is 0.557. The second-order valence-electron chi connectivity index (χ2n) is 3.65. The summed E-state index contributed by atoms with van der Waals surface area (Å²) >= 11 is 0. The molecule has 0 saturated heterocycles. The van der Waals surface area contributed by atoms with Crippen LogP contribution in [0.1, 0.15) is 44.8 Å². The van der Waals surface area contributed by atoms with E-state index in [1.165, 1.54) is 5.69 Å². The van der Waals surface area contributed by atoms with Crippen molar-refractivity contribution >= 4 is 0 Å². The predicted molar refractivity (Wildman–Crippen MR) is 59.2 cm³/mol. The summed E-state index contributed by atoms with van der Waals surface area (Å²) in [6.07, 6.45) is 6.41. The van der Waals surface area contributed by atoms with Crippen molar-refractivity contribution in [1.29, 1.82) is 0 Å². The number of aromatic nitrogens is 2. The van der Waals surface area contributed by atoms with Gasteiger partial charge in [0.1, 0.15) is 0 Å². The van der Waals surface area contributed by atoms with Crippen LogP contribution in [-0.2, 0) is 6.42 Å². The molecule has 3 nitrogen and oxygen atoms in total. The highest BCUT2D eigenvalue weighted by atomic mass is 15.3. The van der Waals surface area contributed by atoms with E-state index in [1.54, 1.807) is 0 Å². The summed E-state index contributed by atoms with van der Waals surface area (Å²) in [5, 5.41) is 4.55. The molecule has 2 N–H and O–H groups in total. The van der Waals surface area contributed by atoms with E-state index in [9.17, 15) is 0 Å². The Morgan fingerprint density at radius 2 is 2.14 bits per heavy atom. The molecule has 0 aromatic carbocycles. The summed E-state index contributed by atoms with van der Waals surface area (Å²) in [5.74, 6) is 0. The maximum Gasteiger partial charge on any atom is 0.0625 e. The molecule has 0 spiro atoms. The molecule has 0 atom stereocenters. The van der Waals surface area contributed by atoms with Gasteiger partial charge in [0.15, 0.2) is 0 Å². The lowest BCUT2D eigenvalue weighted by Gasteiger charge is -2.12. The van der Waals surface area contributed by atoms with Gasteiger partial charge in [0, 0.05) is 6.20 Å².